The van der Waals surface area contributed by atoms with Gasteiger partial charge in [-0.3, -0.25) is 0 Å². The minimum absolute atomic E-state index is 0.232. The molecular weight excluding hydrogens is 174 g/mol. The first-order valence-electron chi connectivity index (χ1n) is 5.23. The number of β-amino-alcohol motifs (C(OH)–C–C–N with tert-alkyl or cyclic N) is 1. The van der Waals surface area contributed by atoms with Crippen molar-refractivity contribution in [2.45, 2.75) is 25.4 Å². The zero-order chi connectivity index (χ0) is 9.97. The van der Waals surface area contributed by atoms with Crippen molar-refractivity contribution in [3.63, 3.8) is 0 Å². The third kappa shape index (κ3) is 1.81. The fraction of sp³-hybridized carbons (Fsp3) is 0.500. The van der Waals surface area contributed by atoms with E-state index in [4.69, 9.17) is 0 Å². The summed E-state index contributed by atoms with van der Waals surface area (Å²) in [5.74, 6) is 0.317. The second kappa shape index (κ2) is 4.11. The average molecular weight is 191 g/mol. The first-order chi connectivity index (χ1) is 6.79. The third-order valence-corrected chi connectivity index (χ3v) is 3.04. The van der Waals surface area contributed by atoms with E-state index >= 15 is 0 Å². The Labute approximate surface area is 85.0 Å². The zero-order valence-electron chi connectivity index (χ0n) is 8.53. The van der Waals surface area contributed by atoms with Crippen molar-refractivity contribution in [1.82, 2.24) is 5.32 Å². The molecule has 1 fully saturated rings. The van der Waals surface area contributed by atoms with E-state index in [-0.39, 0.29) is 6.10 Å². The van der Waals surface area contributed by atoms with Crippen molar-refractivity contribution in [2.24, 2.45) is 0 Å². The van der Waals surface area contributed by atoms with Gasteiger partial charge in [-0.2, -0.15) is 0 Å². The molecule has 0 spiro atoms. The van der Waals surface area contributed by atoms with E-state index in [2.05, 4.69) is 30.4 Å². The Bertz CT molecular complexity index is 311. The molecule has 0 aliphatic carbocycles. The first kappa shape index (κ1) is 9.69. The predicted octanol–water partition coefficient (Wildman–Crippen LogP) is 1.43. The number of aliphatic hydroxyl groups excluding tert-OH is 1. The lowest BCUT2D eigenvalue weighted by atomic mass is 9.85. The summed E-state index contributed by atoms with van der Waals surface area (Å²) in [6.07, 6.45) is 0.802. The van der Waals surface area contributed by atoms with Gasteiger partial charge in [-0.25, -0.2) is 0 Å². The summed E-state index contributed by atoms with van der Waals surface area (Å²) < 4.78 is 0. The molecule has 0 aromatic heterocycles. The lowest BCUT2D eigenvalue weighted by Crippen LogP contribution is -2.39. The van der Waals surface area contributed by atoms with Crippen LogP contribution in [0.3, 0.4) is 0 Å². The molecule has 14 heavy (non-hydrogen) atoms. The van der Waals surface area contributed by atoms with Crippen LogP contribution in [0, 0.1) is 6.92 Å². The fourth-order valence-electron chi connectivity index (χ4n) is 2.21. The molecule has 2 N–H and O–H groups in total. The minimum Gasteiger partial charge on any atom is -0.391 e. The molecule has 76 valence electrons. The molecule has 2 heteroatoms. The Morgan fingerprint density at radius 2 is 2.14 bits per heavy atom. The Balaban J connectivity index is 2.25. The topological polar surface area (TPSA) is 32.3 Å². The van der Waals surface area contributed by atoms with Gasteiger partial charge in [-0.15, -0.1) is 0 Å². The molecule has 0 amide bonds. The number of hydrogen-bond donors (Lipinski definition) is 2. The normalized spacial score (nSPS) is 27.6. The average Bonchev–Trinajstić information content (AvgIpc) is 2.20. The van der Waals surface area contributed by atoms with Gasteiger partial charge in [0.15, 0.2) is 0 Å². The molecule has 0 bridgehead atoms. The zero-order valence-corrected chi connectivity index (χ0v) is 8.53. The molecular formula is C12H17NO. The van der Waals surface area contributed by atoms with E-state index in [9.17, 15) is 5.11 Å². The quantitative estimate of drug-likeness (QED) is 0.704. The molecule has 1 aromatic carbocycles. The first-order valence-corrected chi connectivity index (χ1v) is 5.23. The van der Waals surface area contributed by atoms with Crippen LogP contribution in [0.1, 0.15) is 23.5 Å². The summed E-state index contributed by atoms with van der Waals surface area (Å²) in [5, 5.41) is 13.1. The SMILES string of the molecule is Cc1ccccc1C1CCNCC1O. The molecule has 1 aromatic rings. The van der Waals surface area contributed by atoms with Crippen LogP contribution < -0.4 is 5.32 Å². The maximum absolute atomic E-state index is 9.88. The van der Waals surface area contributed by atoms with Gasteiger partial charge in [0.25, 0.3) is 0 Å². The Kier molecular flexibility index (Phi) is 2.85. The molecule has 1 saturated heterocycles. The number of hydrogen-bond acceptors (Lipinski definition) is 2. The summed E-state index contributed by atoms with van der Waals surface area (Å²) in [5.41, 5.74) is 2.60. The second-order valence-electron chi connectivity index (χ2n) is 4.02. The van der Waals surface area contributed by atoms with Crippen LogP contribution in [-0.4, -0.2) is 24.3 Å². The van der Waals surface area contributed by atoms with Crippen LogP contribution >= 0.6 is 0 Å². The van der Waals surface area contributed by atoms with Gasteiger partial charge in [0, 0.05) is 12.5 Å². The molecule has 2 unspecified atom stereocenters. The molecule has 1 heterocycles. The smallest absolute Gasteiger partial charge is 0.0733 e. The van der Waals surface area contributed by atoms with E-state index in [0.29, 0.717) is 5.92 Å². The number of nitrogens with one attached hydrogen (secondary N) is 1. The van der Waals surface area contributed by atoms with E-state index < -0.39 is 0 Å². The highest BCUT2D eigenvalue weighted by atomic mass is 16.3. The number of benzene rings is 1. The second-order valence-corrected chi connectivity index (χ2v) is 4.02. The summed E-state index contributed by atoms with van der Waals surface area (Å²) in [7, 11) is 0. The molecule has 2 nitrogen and oxygen atoms in total. The third-order valence-electron chi connectivity index (χ3n) is 3.04. The van der Waals surface area contributed by atoms with E-state index in [1.54, 1.807) is 0 Å². The molecule has 2 atom stereocenters. The van der Waals surface area contributed by atoms with E-state index in [1.807, 2.05) is 6.07 Å². The number of rotatable bonds is 1. The standard InChI is InChI=1S/C12H17NO/c1-9-4-2-3-5-10(9)11-6-7-13-8-12(11)14/h2-5,11-14H,6-8H2,1H3. The number of aliphatic hydroxyl groups is 1. The lowest BCUT2D eigenvalue weighted by Gasteiger charge is -2.29. The maximum Gasteiger partial charge on any atom is 0.0733 e. The van der Waals surface area contributed by atoms with Crippen molar-refractivity contribution in [2.75, 3.05) is 13.1 Å². The fourth-order valence-corrected chi connectivity index (χ4v) is 2.21. The Morgan fingerprint density at radius 3 is 2.86 bits per heavy atom. The maximum atomic E-state index is 9.88. The van der Waals surface area contributed by atoms with Crippen molar-refractivity contribution >= 4 is 0 Å². The number of aryl methyl sites for hydroxylation is 1. The van der Waals surface area contributed by atoms with Gasteiger partial charge in [0.05, 0.1) is 6.10 Å². The molecule has 2 rings (SSSR count). The molecule has 0 radical (unpaired) electrons. The van der Waals surface area contributed by atoms with E-state index in [0.717, 1.165) is 19.5 Å². The van der Waals surface area contributed by atoms with Crippen molar-refractivity contribution in [1.29, 1.82) is 0 Å². The van der Waals surface area contributed by atoms with Crippen LogP contribution in [0.2, 0.25) is 0 Å². The van der Waals surface area contributed by atoms with Gasteiger partial charge >= 0.3 is 0 Å². The number of piperidine rings is 1. The minimum atomic E-state index is -0.232. The van der Waals surface area contributed by atoms with Crippen LogP contribution in [0.5, 0.6) is 0 Å². The van der Waals surface area contributed by atoms with Gasteiger partial charge < -0.3 is 10.4 Å². The largest absolute Gasteiger partial charge is 0.391 e. The van der Waals surface area contributed by atoms with Gasteiger partial charge in [-0.05, 0) is 31.0 Å². The lowest BCUT2D eigenvalue weighted by molar-refractivity contribution is 0.118. The highest BCUT2D eigenvalue weighted by molar-refractivity contribution is 5.30. The predicted molar refractivity (Wildman–Crippen MR) is 57.4 cm³/mol. The van der Waals surface area contributed by atoms with Crippen molar-refractivity contribution in [3.8, 4) is 0 Å². The van der Waals surface area contributed by atoms with Crippen LogP contribution in [0.15, 0.2) is 24.3 Å². The summed E-state index contributed by atoms with van der Waals surface area (Å²) >= 11 is 0. The molecule has 1 aliphatic heterocycles. The molecule has 1 aliphatic rings. The van der Waals surface area contributed by atoms with E-state index in [1.165, 1.54) is 11.1 Å². The van der Waals surface area contributed by atoms with Crippen LogP contribution in [0.25, 0.3) is 0 Å². The van der Waals surface area contributed by atoms with Crippen molar-refractivity contribution in [3.05, 3.63) is 35.4 Å². The van der Waals surface area contributed by atoms with Gasteiger partial charge in [-0.1, -0.05) is 24.3 Å². The van der Waals surface area contributed by atoms with Gasteiger partial charge in [0.2, 0.25) is 0 Å². The Hall–Kier alpha value is -0.860. The highest BCUT2D eigenvalue weighted by Crippen LogP contribution is 2.27. The summed E-state index contributed by atoms with van der Waals surface area (Å²) in [6, 6.07) is 8.35. The molecule has 0 saturated carbocycles. The van der Waals surface area contributed by atoms with Crippen LogP contribution in [0.4, 0.5) is 0 Å². The van der Waals surface area contributed by atoms with Crippen LogP contribution in [-0.2, 0) is 0 Å². The summed E-state index contributed by atoms with van der Waals surface area (Å²) in [6.45, 7) is 3.85. The highest BCUT2D eigenvalue weighted by Gasteiger charge is 2.24. The summed E-state index contributed by atoms with van der Waals surface area (Å²) in [4.78, 5) is 0. The van der Waals surface area contributed by atoms with Crippen molar-refractivity contribution < 1.29 is 5.11 Å². The monoisotopic (exact) mass is 191 g/mol. The Morgan fingerprint density at radius 1 is 1.36 bits per heavy atom. The van der Waals surface area contributed by atoms with Gasteiger partial charge in [0.1, 0.15) is 0 Å².